The van der Waals surface area contributed by atoms with E-state index >= 15 is 0 Å². The minimum absolute atomic E-state index is 0.00741. The molecule has 2 N–H and O–H groups in total. The normalized spacial score (nSPS) is 15.7. The van der Waals surface area contributed by atoms with Crippen LogP contribution >= 0.6 is 0 Å². The summed E-state index contributed by atoms with van der Waals surface area (Å²) in [5, 5.41) is 0. The Morgan fingerprint density at radius 1 is 1.00 bits per heavy atom. The molecular formula is C19H23N3O6S2. The lowest BCUT2D eigenvalue weighted by molar-refractivity contribution is 0.0730. The van der Waals surface area contributed by atoms with Crippen molar-refractivity contribution < 1.29 is 26.4 Å². The molecule has 2 aromatic rings. The van der Waals surface area contributed by atoms with Gasteiger partial charge in [0.25, 0.3) is 15.9 Å². The fourth-order valence-corrected chi connectivity index (χ4v) is 5.60. The summed E-state index contributed by atoms with van der Waals surface area (Å²) in [6, 6.07) is 10.4. The van der Waals surface area contributed by atoms with E-state index in [-0.39, 0.29) is 28.4 Å². The Morgan fingerprint density at radius 2 is 1.70 bits per heavy atom. The summed E-state index contributed by atoms with van der Waals surface area (Å²) < 4.78 is 57.1. The van der Waals surface area contributed by atoms with Gasteiger partial charge in [0.15, 0.2) is 0 Å². The number of sulfonamides is 2. The number of carbonyl (C=O) groups excluding carboxylic acids is 1. The van der Waals surface area contributed by atoms with Gasteiger partial charge in [-0.25, -0.2) is 16.8 Å². The summed E-state index contributed by atoms with van der Waals surface area (Å²) in [5.41, 5.74) is 3.43. The van der Waals surface area contributed by atoms with Crippen molar-refractivity contribution in [3.8, 4) is 0 Å². The van der Waals surface area contributed by atoms with Gasteiger partial charge in [-0.1, -0.05) is 18.2 Å². The second kappa shape index (κ2) is 8.82. The molecule has 1 aliphatic heterocycles. The molecule has 0 spiro atoms. The average molecular weight is 454 g/mol. The smallest absolute Gasteiger partial charge is 0.266 e. The van der Waals surface area contributed by atoms with Crippen LogP contribution in [0.15, 0.2) is 52.3 Å². The molecule has 1 heterocycles. The number of hydrogen-bond acceptors (Lipinski definition) is 6. The predicted octanol–water partition coefficient (Wildman–Crippen LogP) is 0.948. The highest BCUT2D eigenvalue weighted by Crippen LogP contribution is 2.19. The van der Waals surface area contributed by atoms with Crippen molar-refractivity contribution in [2.24, 2.45) is 0 Å². The quantitative estimate of drug-likeness (QED) is 0.628. The van der Waals surface area contributed by atoms with E-state index in [4.69, 9.17) is 4.74 Å². The van der Waals surface area contributed by atoms with Gasteiger partial charge in [0.2, 0.25) is 10.0 Å². The Kier molecular flexibility index (Phi) is 6.58. The highest BCUT2D eigenvalue weighted by atomic mass is 32.2. The van der Waals surface area contributed by atoms with Gasteiger partial charge in [0.1, 0.15) is 0 Å². The molecule has 162 valence electrons. The summed E-state index contributed by atoms with van der Waals surface area (Å²) in [5.74, 6) is -0.775. The van der Waals surface area contributed by atoms with Gasteiger partial charge in [-0.15, -0.1) is 4.83 Å². The molecular weight excluding hydrogens is 430 g/mol. The van der Waals surface area contributed by atoms with Crippen molar-refractivity contribution >= 4 is 26.0 Å². The van der Waals surface area contributed by atoms with Crippen LogP contribution in [0.4, 0.5) is 0 Å². The number of rotatable bonds is 6. The number of ether oxygens (including phenoxy) is 1. The highest BCUT2D eigenvalue weighted by molar-refractivity contribution is 7.89. The topological polar surface area (TPSA) is 122 Å². The number of nitrogens with one attached hydrogen (secondary N) is 2. The van der Waals surface area contributed by atoms with Gasteiger partial charge in [-0.05, 0) is 49.2 Å². The molecule has 9 nitrogen and oxygen atoms in total. The van der Waals surface area contributed by atoms with Gasteiger partial charge in [-0.3, -0.25) is 10.2 Å². The minimum Gasteiger partial charge on any atom is -0.379 e. The predicted molar refractivity (Wildman–Crippen MR) is 110 cm³/mol. The van der Waals surface area contributed by atoms with E-state index in [1.54, 1.807) is 26.0 Å². The SMILES string of the molecule is Cc1ccc(C)c(S(=O)(=O)NNC(=O)c2cccc(S(=O)(=O)N3CCOCC3)c2)c1. The van der Waals surface area contributed by atoms with Gasteiger partial charge < -0.3 is 4.74 Å². The molecule has 3 rings (SSSR count). The first-order chi connectivity index (χ1) is 14.1. The van der Waals surface area contributed by atoms with Gasteiger partial charge in [0, 0.05) is 18.7 Å². The van der Waals surface area contributed by atoms with Crippen LogP contribution < -0.4 is 10.3 Å². The Balaban J connectivity index is 1.76. The van der Waals surface area contributed by atoms with Crippen molar-refractivity contribution in [2.75, 3.05) is 26.3 Å². The molecule has 1 fully saturated rings. The Hall–Kier alpha value is -2.31. The van der Waals surface area contributed by atoms with Crippen molar-refractivity contribution in [3.63, 3.8) is 0 Å². The Morgan fingerprint density at radius 3 is 2.40 bits per heavy atom. The van der Waals surface area contributed by atoms with E-state index < -0.39 is 26.0 Å². The maximum atomic E-state index is 12.8. The number of nitrogens with zero attached hydrogens (tertiary/aromatic N) is 1. The summed E-state index contributed by atoms with van der Waals surface area (Å²) in [7, 11) is -7.77. The van der Waals surface area contributed by atoms with Crippen molar-refractivity contribution in [1.29, 1.82) is 0 Å². The molecule has 1 aliphatic rings. The number of hydrazine groups is 1. The zero-order valence-electron chi connectivity index (χ0n) is 16.6. The van der Waals surface area contributed by atoms with Crippen LogP contribution in [-0.2, 0) is 24.8 Å². The lowest BCUT2D eigenvalue weighted by Gasteiger charge is -2.26. The summed E-state index contributed by atoms with van der Waals surface area (Å²) >= 11 is 0. The molecule has 0 radical (unpaired) electrons. The third-order valence-corrected chi connectivity index (χ3v) is 7.92. The van der Waals surface area contributed by atoms with Crippen molar-refractivity contribution in [3.05, 3.63) is 59.2 Å². The maximum absolute atomic E-state index is 12.8. The number of hydrogen-bond donors (Lipinski definition) is 2. The van der Waals surface area contributed by atoms with Crippen LogP contribution in [0.5, 0.6) is 0 Å². The lowest BCUT2D eigenvalue weighted by atomic mass is 10.2. The number of amides is 1. The third kappa shape index (κ3) is 4.87. The molecule has 0 aromatic heterocycles. The fraction of sp³-hybridized carbons (Fsp3) is 0.316. The molecule has 1 saturated heterocycles. The molecule has 0 bridgehead atoms. The van der Waals surface area contributed by atoms with Crippen LogP contribution in [-0.4, -0.2) is 53.4 Å². The number of benzene rings is 2. The Bertz CT molecular complexity index is 1160. The summed E-state index contributed by atoms with van der Waals surface area (Å²) in [6.45, 7) is 4.48. The van der Waals surface area contributed by atoms with E-state index in [2.05, 4.69) is 10.3 Å². The first-order valence-electron chi connectivity index (χ1n) is 9.18. The van der Waals surface area contributed by atoms with Crippen molar-refractivity contribution in [1.82, 2.24) is 14.6 Å². The molecule has 2 aromatic carbocycles. The standard InChI is InChI=1S/C19H23N3O6S2/c1-14-6-7-15(2)18(12-14)29(24,25)21-20-19(23)16-4-3-5-17(13-16)30(26,27)22-8-10-28-11-9-22/h3-7,12-13,21H,8-11H2,1-2H3,(H,20,23). The van der Waals surface area contributed by atoms with Crippen LogP contribution in [0.1, 0.15) is 21.5 Å². The fourth-order valence-electron chi connectivity index (χ4n) is 2.97. The molecule has 0 saturated carbocycles. The van der Waals surface area contributed by atoms with Crippen LogP contribution in [0, 0.1) is 13.8 Å². The monoisotopic (exact) mass is 453 g/mol. The number of carbonyl (C=O) groups is 1. The van der Waals surface area contributed by atoms with E-state index in [1.807, 2.05) is 0 Å². The summed E-state index contributed by atoms with van der Waals surface area (Å²) in [6.07, 6.45) is 0. The van der Waals surface area contributed by atoms with E-state index in [0.29, 0.717) is 18.8 Å². The minimum atomic E-state index is -3.99. The van der Waals surface area contributed by atoms with E-state index in [1.165, 1.54) is 34.6 Å². The second-order valence-electron chi connectivity index (χ2n) is 6.87. The van der Waals surface area contributed by atoms with Gasteiger partial charge in [-0.2, -0.15) is 4.31 Å². The lowest BCUT2D eigenvalue weighted by Crippen LogP contribution is -2.42. The number of morpholine rings is 1. The van der Waals surface area contributed by atoms with Crippen LogP contribution in [0.2, 0.25) is 0 Å². The van der Waals surface area contributed by atoms with Crippen molar-refractivity contribution in [2.45, 2.75) is 23.6 Å². The number of aryl methyl sites for hydroxylation is 2. The molecule has 0 unspecified atom stereocenters. The average Bonchev–Trinajstić information content (AvgIpc) is 2.74. The molecule has 0 aliphatic carbocycles. The van der Waals surface area contributed by atoms with Gasteiger partial charge >= 0.3 is 0 Å². The van der Waals surface area contributed by atoms with Crippen LogP contribution in [0.25, 0.3) is 0 Å². The summed E-state index contributed by atoms with van der Waals surface area (Å²) in [4.78, 5) is 14.5. The molecule has 1 amide bonds. The van der Waals surface area contributed by atoms with E-state index in [9.17, 15) is 21.6 Å². The third-order valence-electron chi connectivity index (χ3n) is 4.64. The largest absolute Gasteiger partial charge is 0.379 e. The molecule has 11 heteroatoms. The Labute approximate surface area is 176 Å². The zero-order chi connectivity index (χ0) is 21.9. The van der Waals surface area contributed by atoms with Crippen LogP contribution in [0.3, 0.4) is 0 Å². The first-order valence-corrected chi connectivity index (χ1v) is 12.1. The zero-order valence-corrected chi connectivity index (χ0v) is 18.2. The highest BCUT2D eigenvalue weighted by Gasteiger charge is 2.27. The molecule has 0 atom stereocenters. The van der Waals surface area contributed by atoms with E-state index in [0.717, 1.165) is 5.56 Å². The maximum Gasteiger partial charge on any atom is 0.266 e. The first kappa shape index (κ1) is 22.4. The van der Waals surface area contributed by atoms with Gasteiger partial charge in [0.05, 0.1) is 23.0 Å². The molecule has 30 heavy (non-hydrogen) atoms. The second-order valence-corrected chi connectivity index (χ2v) is 10.5.